The summed E-state index contributed by atoms with van der Waals surface area (Å²) in [7, 11) is 0. The van der Waals surface area contributed by atoms with Gasteiger partial charge in [-0.25, -0.2) is 14.4 Å². The van der Waals surface area contributed by atoms with Crippen molar-refractivity contribution in [3.8, 4) is 5.75 Å². The van der Waals surface area contributed by atoms with Gasteiger partial charge in [0, 0.05) is 36.3 Å². The summed E-state index contributed by atoms with van der Waals surface area (Å²) in [6.45, 7) is 7.57. The summed E-state index contributed by atoms with van der Waals surface area (Å²) in [6.07, 6.45) is 1.31. The van der Waals surface area contributed by atoms with Gasteiger partial charge in [-0.15, -0.1) is 0 Å². The summed E-state index contributed by atoms with van der Waals surface area (Å²) in [5.41, 5.74) is 8.99. The molecule has 0 radical (unpaired) electrons. The largest absolute Gasteiger partial charge is 0.488 e. The number of ether oxygens (including phenoxy) is 1. The van der Waals surface area contributed by atoms with Crippen LogP contribution in [0.15, 0.2) is 23.9 Å². The molecule has 188 valence electrons. The quantitative estimate of drug-likeness (QED) is 0.598. The van der Waals surface area contributed by atoms with E-state index in [1.807, 2.05) is 0 Å². The summed E-state index contributed by atoms with van der Waals surface area (Å²) in [5, 5.41) is 10.2. The highest BCUT2D eigenvalue weighted by Gasteiger charge is 2.34. The zero-order valence-corrected chi connectivity index (χ0v) is 21.0. The van der Waals surface area contributed by atoms with Crippen molar-refractivity contribution in [3.63, 3.8) is 0 Å². The van der Waals surface area contributed by atoms with Crippen LogP contribution in [0, 0.1) is 19.7 Å². The summed E-state index contributed by atoms with van der Waals surface area (Å²) in [6, 6.07) is 3.92. The van der Waals surface area contributed by atoms with Crippen LogP contribution in [0.4, 0.5) is 4.39 Å². The van der Waals surface area contributed by atoms with Crippen LogP contribution in [-0.4, -0.2) is 75.7 Å². The second-order valence-corrected chi connectivity index (χ2v) is 9.52. The molecule has 1 amide bonds. The molecule has 1 aromatic heterocycles. The number of aliphatic hydroxyl groups is 1. The maximum Gasteiger partial charge on any atom is 0.258 e. The van der Waals surface area contributed by atoms with Gasteiger partial charge in [0.1, 0.15) is 17.7 Å². The van der Waals surface area contributed by atoms with Crippen molar-refractivity contribution in [1.29, 1.82) is 0 Å². The summed E-state index contributed by atoms with van der Waals surface area (Å²) < 4.78 is 20.3. The first-order valence-electron chi connectivity index (χ1n) is 11.8. The highest BCUT2D eigenvalue weighted by Crippen LogP contribution is 2.30. The second kappa shape index (κ2) is 10.5. The van der Waals surface area contributed by atoms with Gasteiger partial charge in [0.15, 0.2) is 5.82 Å². The van der Waals surface area contributed by atoms with E-state index in [9.17, 15) is 14.3 Å². The van der Waals surface area contributed by atoms with E-state index in [0.717, 1.165) is 13.0 Å². The van der Waals surface area contributed by atoms with Crippen LogP contribution in [0.2, 0.25) is 5.02 Å². The molecule has 4 rings (SSSR count). The van der Waals surface area contributed by atoms with Crippen LogP contribution >= 0.6 is 11.6 Å². The second-order valence-electron chi connectivity index (χ2n) is 9.14. The summed E-state index contributed by atoms with van der Waals surface area (Å²) in [4.78, 5) is 26.1. The SMILES string of the molecule is CCCN1C[C@@H](Oc2cc(F)ccc2C(=O)N2CC(N)=C(c3nc(C)c(Cl)c(C)n3)C2)C[C@H]1CO. The first kappa shape index (κ1) is 25.3. The molecule has 0 aliphatic carbocycles. The predicted octanol–water partition coefficient (Wildman–Crippen LogP) is 2.94. The molecule has 0 bridgehead atoms. The van der Waals surface area contributed by atoms with Gasteiger partial charge in [0.2, 0.25) is 0 Å². The fourth-order valence-electron chi connectivity index (χ4n) is 4.74. The Morgan fingerprint density at radius 3 is 2.66 bits per heavy atom. The number of aryl methyl sites for hydroxylation is 2. The van der Waals surface area contributed by atoms with Crippen LogP contribution in [0.3, 0.4) is 0 Å². The highest BCUT2D eigenvalue weighted by atomic mass is 35.5. The van der Waals surface area contributed by atoms with Gasteiger partial charge in [0.05, 0.1) is 41.7 Å². The van der Waals surface area contributed by atoms with E-state index in [1.165, 1.54) is 18.2 Å². The van der Waals surface area contributed by atoms with Crippen LogP contribution in [0.5, 0.6) is 5.75 Å². The number of hydrogen-bond donors (Lipinski definition) is 2. The number of aliphatic hydroxyl groups excluding tert-OH is 1. The van der Waals surface area contributed by atoms with Gasteiger partial charge < -0.3 is 20.5 Å². The van der Waals surface area contributed by atoms with E-state index in [4.69, 9.17) is 22.1 Å². The van der Waals surface area contributed by atoms with Gasteiger partial charge >= 0.3 is 0 Å². The lowest BCUT2D eigenvalue weighted by atomic mass is 10.1. The monoisotopic (exact) mass is 503 g/mol. The number of carbonyl (C=O) groups excluding carboxylic acids is 1. The molecule has 2 aromatic rings. The third-order valence-corrected chi connectivity index (χ3v) is 7.06. The van der Waals surface area contributed by atoms with E-state index in [1.54, 1.807) is 18.7 Å². The third-order valence-electron chi connectivity index (χ3n) is 6.52. The Hall–Kier alpha value is -2.75. The smallest absolute Gasteiger partial charge is 0.258 e. The minimum absolute atomic E-state index is 0.0101. The Kier molecular flexibility index (Phi) is 7.59. The van der Waals surface area contributed by atoms with Crippen molar-refractivity contribution < 1.29 is 19.0 Å². The number of nitrogens with two attached hydrogens (primary N) is 1. The van der Waals surface area contributed by atoms with E-state index in [0.29, 0.717) is 46.5 Å². The molecule has 1 saturated heterocycles. The molecule has 1 aromatic carbocycles. The molecule has 2 aliphatic heterocycles. The maximum atomic E-state index is 14.1. The van der Waals surface area contributed by atoms with Gasteiger partial charge in [-0.1, -0.05) is 18.5 Å². The number of halogens is 2. The third kappa shape index (κ3) is 5.27. The Labute approximate surface area is 209 Å². The molecule has 0 spiro atoms. The molecule has 2 atom stereocenters. The lowest BCUT2D eigenvalue weighted by Crippen LogP contribution is -2.33. The molecular weight excluding hydrogens is 473 g/mol. The first-order valence-corrected chi connectivity index (χ1v) is 12.2. The van der Waals surface area contributed by atoms with Crippen molar-refractivity contribution in [2.24, 2.45) is 5.73 Å². The fourth-order valence-corrected chi connectivity index (χ4v) is 4.82. The number of amides is 1. The minimum atomic E-state index is -0.487. The van der Waals surface area contributed by atoms with Crippen molar-refractivity contribution in [2.45, 2.75) is 45.8 Å². The van der Waals surface area contributed by atoms with E-state index in [2.05, 4.69) is 21.8 Å². The molecule has 1 fully saturated rings. The normalized spacial score (nSPS) is 20.7. The molecule has 3 heterocycles. The number of aromatic nitrogens is 2. The zero-order valence-electron chi connectivity index (χ0n) is 20.2. The molecule has 0 unspecified atom stereocenters. The lowest BCUT2D eigenvalue weighted by molar-refractivity contribution is 0.0791. The van der Waals surface area contributed by atoms with Crippen LogP contribution in [-0.2, 0) is 0 Å². The molecule has 2 aliphatic rings. The van der Waals surface area contributed by atoms with Crippen molar-refractivity contribution in [1.82, 2.24) is 19.8 Å². The number of nitrogens with zero attached hydrogens (tertiary/aromatic N) is 4. The Morgan fingerprint density at radius 1 is 1.29 bits per heavy atom. The van der Waals surface area contributed by atoms with Crippen LogP contribution < -0.4 is 10.5 Å². The van der Waals surface area contributed by atoms with Gasteiger partial charge in [0.25, 0.3) is 5.91 Å². The molecular formula is C25H31ClFN5O3. The molecule has 10 heteroatoms. The molecule has 0 saturated carbocycles. The number of benzene rings is 1. The van der Waals surface area contributed by atoms with Crippen molar-refractivity contribution in [3.05, 3.63) is 57.5 Å². The zero-order chi connectivity index (χ0) is 25.3. The van der Waals surface area contributed by atoms with Crippen LogP contribution in [0.25, 0.3) is 5.57 Å². The number of hydrogen-bond acceptors (Lipinski definition) is 7. The molecule has 3 N–H and O–H groups in total. The first-order chi connectivity index (χ1) is 16.7. The van der Waals surface area contributed by atoms with E-state index in [-0.39, 0.29) is 49.1 Å². The molecule has 8 nitrogen and oxygen atoms in total. The lowest BCUT2D eigenvalue weighted by Gasteiger charge is -2.21. The van der Waals surface area contributed by atoms with Crippen molar-refractivity contribution >= 4 is 23.1 Å². The minimum Gasteiger partial charge on any atom is -0.488 e. The van der Waals surface area contributed by atoms with Crippen molar-refractivity contribution in [2.75, 3.05) is 32.8 Å². The highest BCUT2D eigenvalue weighted by molar-refractivity contribution is 6.31. The average Bonchev–Trinajstić information content (AvgIpc) is 3.40. The van der Waals surface area contributed by atoms with Gasteiger partial charge in [-0.2, -0.15) is 0 Å². The number of carbonyl (C=O) groups is 1. The maximum absolute atomic E-state index is 14.1. The Morgan fingerprint density at radius 2 is 2.00 bits per heavy atom. The predicted molar refractivity (Wildman–Crippen MR) is 132 cm³/mol. The van der Waals surface area contributed by atoms with Crippen LogP contribution in [0.1, 0.15) is 47.3 Å². The summed E-state index contributed by atoms with van der Waals surface area (Å²) >= 11 is 6.20. The molecule has 35 heavy (non-hydrogen) atoms. The van der Waals surface area contributed by atoms with E-state index < -0.39 is 5.82 Å². The Balaban J connectivity index is 1.53. The Bertz CT molecular complexity index is 1130. The number of likely N-dealkylation sites (tertiary alicyclic amines) is 1. The average molecular weight is 504 g/mol. The van der Waals surface area contributed by atoms with E-state index >= 15 is 0 Å². The van der Waals surface area contributed by atoms with Gasteiger partial charge in [-0.3, -0.25) is 9.69 Å². The standard InChI is InChI=1S/C25H31ClFN5O3/c1-4-7-31-10-18(9-17(31)13-33)35-22-8-16(27)5-6-19(22)25(34)32-11-20(21(28)12-32)24-29-14(2)23(26)15(3)30-24/h5-6,8,17-18,33H,4,7,9-13,28H2,1-3H3/t17-,18-/m0/s1. The topological polar surface area (TPSA) is 105 Å². The fraction of sp³-hybridized carbons (Fsp3) is 0.480. The summed E-state index contributed by atoms with van der Waals surface area (Å²) in [5.74, 6) is -0.164. The van der Waals surface area contributed by atoms with Gasteiger partial charge in [-0.05, 0) is 38.9 Å². The number of rotatable bonds is 7.